The summed E-state index contributed by atoms with van der Waals surface area (Å²) in [7, 11) is 0. The van der Waals surface area contributed by atoms with Gasteiger partial charge in [0, 0.05) is 18.7 Å². The van der Waals surface area contributed by atoms with E-state index in [1.54, 1.807) is 0 Å². The zero-order valence-corrected chi connectivity index (χ0v) is 16.9. The fourth-order valence-electron chi connectivity index (χ4n) is 3.96. The number of carbonyl (C=O) groups excluding carboxylic acids is 2. The molecule has 0 spiro atoms. The van der Waals surface area contributed by atoms with Crippen LogP contribution in [0, 0.1) is 13.8 Å². The monoisotopic (exact) mass is 390 g/mol. The Kier molecular flexibility index (Phi) is 5.34. The number of nitrogens with zero attached hydrogens (tertiary/aromatic N) is 3. The van der Waals surface area contributed by atoms with E-state index < -0.39 is 0 Å². The van der Waals surface area contributed by atoms with Gasteiger partial charge in [0.2, 0.25) is 5.91 Å². The number of imidazole rings is 1. The van der Waals surface area contributed by atoms with E-state index in [4.69, 9.17) is 0 Å². The lowest BCUT2D eigenvalue weighted by molar-refractivity contribution is -0.130. The quantitative estimate of drug-likeness (QED) is 0.727. The molecule has 0 unspecified atom stereocenters. The maximum Gasteiger partial charge on any atom is 0.251 e. The third-order valence-corrected chi connectivity index (χ3v) is 5.52. The van der Waals surface area contributed by atoms with Gasteiger partial charge in [-0.3, -0.25) is 9.59 Å². The standard InChI is InChI=1S/C23H26N4O2/c1-16-9-10-18(17(2)13-16)23(29)24-14-21-25-19-7-3-4-8-20(19)27(21)15-22(28)26-11-5-6-12-26/h3-4,7-10,13H,5-6,11-12,14-15H2,1-2H3,(H,24,29). The van der Waals surface area contributed by atoms with Crippen molar-refractivity contribution in [3.63, 3.8) is 0 Å². The van der Waals surface area contributed by atoms with Gasteiger partial charge < -0.3 is 14.8 Å². The number of fused-ring (bicyclic) bond motifs is 1. The molecule has 4 rings (SSSR count). The second kappa shape index (κ2) is 8.07. The lowest BCUT2D eigenvalue weighted by atomic mass is 10.1. The van der Waals surface area contributed by atoms with E-state index in [0.29, 0.717) is 11.4 Å². The molecule has 6 nitrogen and oxygen atoms in total. The number of aryl methyl sites for hydroxylation is 2. The van der Waals surface area contributed by atoms with Crippen LogP contribution in [0.1, 0.15) is 40.2 Å². The van der Waals surface area contributed by atoms with E-state index in [9.17, 15) is 9.59 Å². The van der Waals surface area contributed by atoms with Crippen molar-refractivity contribution in [1.29, 1.82) is 0 Å². The third-order valence-electron chi connectivity index (χ3n) is 5.52. The minimum absolute atomic E-state index is 0.104. The number of nitrogens with one attached hydrogen (secondary N) is 1. The number of hydrogen-bond donors (Lipinski definition) is 1. The number of likely N-dealkylation sites (tertiary alicyclic amines) is 1. The summed E-state index contributed by atoms with van der Waals surface area (Å²) in [5.41, 5.74) is 4.47. The Balaban J connectivity index is 1.56. The second-order valence-electron chi connectivity index (χ2n) is 7.69. The van der Waals surface area contributed by atoms with Crippen molar-refractivity contribution < 1.29 is 9.59 Å². The molecule has 0 saturated carbocycles. The van der Waals surface area contributed by atoms with Gasteiger partial charge >= 0.3 is 0 Å². The summed E-state index contributed by atoms with van der Waals surface area (Å²) in [4.78, 5) is 32.0. The highest BCUT2D eigenvalue weighted by Crippen LogP contribution is 2.18. The van der Waals surface area contributed by atoms with Crippen LogP contribution in [0.25, 0.3) is 11.0 Å². The zero-order valence-electron chi connectivity index (χ0n) is 16.9. The SMILES string of the molecule is Cc1ccc(C(=O)NCc2nc3ccccc3n2CC(=O)N2CCCC2)c(C)c1. The van der Waals surface area contributed by atoms with Crippen LogP contribution in [0.4, 0.5) is 0 Å². The van der Waals surface area contributed by atoms with E-state index in [0.717, 1.165) is 48.1 Å². The number of aromatic nitrogens is 2. The van der Waals surface area contributed by atoms with E-state index in [-0.39, 0.29) is 24.9 Å². The van der Waals surface area contributed by atoms with E-state index in [1.165, 1.54) is 0 Å². The molecule has 0 radical (unpaired) electrons. The highest BCUT2D eigenvalue weighted by atomic mass is 16.2. The van der Waals surface area contributed by atoms with E-state index in [1.807, 2.05) is 65.8 Å². The lowest BCUT2D eigenvalue weighted by Gasteiger charge is -2.17. The molecule has 2 aromatic carbocycles. The van der Waals surface area contributed by atoms with Crippen LogP contribution in [0.15, 0.2) is 42.5 Å². The Bertz CT molecular complexity index is 1060. The number of para-hydroxylation sites is 2. The molecule has 1 fully saturated rings. The van der Waals surface area contributed by atoms with Gasteiger partial charge in [0.15, 0.2) is 0 Å². The minimum atomic E-state index is -0.132. The Labute approximate surface area is 170 Å². The summed E-state index contributed by atoms with van der Waals surface area (Å²) in [5.74, 6) is 0.663. The van der Waals surface area contributed by atoms with E-state index in [2.05, 4.69) is 10.3 Å². The molecule has 1 N–H and O–H groups in total. The first-order valence-corrected chi connectivity index (χ1v) is 10.1. The maximum absolute atomic E-state index is 12.7. The first-order valence-electron chi connectivity index (χ1n) is 10.1. The summed E-state index contributed by atoms with van der Waals surface area (Å²) in [6, 6.07) is 13.6. The topological polar surface area (TPSA) is 67.2 Å². The number of rotatable bonds is 5. The Morgan fingerprint density at radius 2 is 1.83 bits per heavy atom. The third kappa shape index (κ3) is 4.01. The van der Waals surface area contributed by atoms with Crippen molar-refractivity contribution in [2.75, 3.05) is 13.1 Å². The minimum Gasteiger partial charge on any atom is -0.345 e. The van der Waals surface area contributed by atoms with Gasteiger partial charge in [0.1, 0.15) is 12.4 Å². The van der Waals surface area contributed by atoms with Crippen LogP contribution in [0.3, 0.4) is 0 Å². The van der Waals surface area contributed by atoms with Gasteiger partial charge in [-0.2, -0.15) is 0 Å². The fraction of sp³-hybridized carbons (Fsp3) is 0.348. The smallest absolute Gasteiger partial charge is 0.251 e. The zero-order chi connectivity index (χ0) is 20.4. The van der Waals surface area contributed by atoms with Crippen LogP contribution in [-0.4, -0.2) is 39.4 Å². The van der Waals surface area contributed by atoms with Crippen molar-refractivity contribution in [2.24, 2.45) is 0 Å². The number of carbonyl (C=O) groups is 2. The van der Waals surface area contributed by atoms with Gasteiger partial charge in [-0.15, -0.1) is 0 Å². The molecular formula is C23H26N4O2. The summed E-state index contributed by atoms with van der Waals surface area (Å²) in [5, 5.41) is 2.97. The number of benzene rings is 2. The van der Waals surface area contributed by atoms with Gasteiger partial charge in [0.05, 0.1) is 17.6 Å². The van der Waals surface area contributed by atoms with Crippen LogP contribution < -0.4 is 5.32 Å². The van der Waals surface area contributed by atoms with Gasteiger partial charge in [-0.05, 0) is 50.5 Å². The largest absolute Gasteiger partial charge is 0.345 e. The fourth-order valence-corrected chi connectivity index (χ4v) is 3.96. The molecule has 1 aliphatic heterocycles. The summed E-state index contributed by atoms with van der Waals surface area (Å²) in [6.45, 7) is 6.11. The van der Waals surface area contributed by atoms with Gasteiger partial charge in [-0.25, -0.2) is 4.98 Å². The van der Waals surface area contributed by atoms with Crippen molar-refractivity contribution in [2.45, 2.75) is 39.8 Å². The van der Waals surface area contributed by atoms with Crippen molar-refractivity contribution in [3.05, 3.63) is 65.0 Å². The number of amides is 2. The summed E-state index contributed by atoms with van der Waals surface area (Å²) in [6.07, 6.45) is 2.13. The molecule has 0 bridgehead atoms. The average molecular weight is 390 g/mol. The van der Waals surface area contributed by atoms with Crippen LogP contribution in [-0.2, 0) is 17.9 Å². The molecule has 6 heteroatoms. The second-order valence-corrected chi connectivity index (χ2v) is 7.69. The van der Waals surface area contributed by atoms with Gasteiger partial charge in [-0.1, -0.05) is 29.8 Å². The Morgan fingerprint density at radius 1 is 1.07 bits per heavy atom. The molecule has 150 valence electrons. The molecule has 2 amide bonds. The molecule has 1 aromatic heterocycles. The number of hydrogen-bond acceptors (Lipinski definition) is 3. The van der Waals surface area contributed by atoms with Crippen molar-refractivity contribution in [3.8, 4) is 0 Å². The maximum atomic E-state index is 12.7. The molecule has 0 atom stereocenters. The van der Waals surface area contributed by atoms with E-state index >= 15 is 0 Å². The molecule has 1 aliphatic rings. The lowest BCUT2D eigenvalue weighted by Crippen LogP contribution is -2.32. The molecule has 3 aromatic rings. The van der Waals surface area contributed by atoms with Crippen LogP contribution in [0.2, 0.25) is 0 Å². The van der Waals surface area contributed by atoms with Crippen LogP contribution >= 0.6 is 0 Å². The molecule has 29 heavy (non-hydrogen) atoms. The highest BCUT2D eigenvalue weighted by Gasteiger charge is 2.21. The molecule has 0 aliphatic carbocycles. The molecule has 2 heterocycles. The summed E-state index contributed by atoms with van der Waals surface area (Å²) >= 11 is 0. The average Bonchev–Trinajstić information content (AvgIpc) is 3.35. The Hall–Kier alpha value is -3.15. The van der Waals surface area contributed by atoms with Crippen molar-refractivity contribution >= 4 is 22.8 Å². The normalized spacial score (nSPS) is 13.8. The van der Waals surface area contributed by atoms with Crippen LogP contribution in [0.5, 0.6) is 0 Å². The predicted molar refractivity (Wildman–Crippen MR) is 113 cm³/mol. The molecule has 1 saturated heterocycles. The summed E-state index contributed by atoms with van der Waals surface area (Å²) < 4.78 is 1.93. The van der Waals surface area contributed by atoms with Crippen molar-refractivity contribution in [1.82, 2.24) is 19.8 Å². The highest BCUT2D eigenvalue weighted by molar-refractivity contribution is 5.95. The molecular weight excluding hydrogens is 364 g/mol. The van der Waals surface area contributed by atoms with Gasteiger partial charge in [0.25, 0.3) is 5.91 Å². The predicted octanol–water partition coefficient (Wildman–Crippen LogP) is 3.21. The Morgan fingerprint density at radius 3 is 2.59 bits per heavy atom. The first-order chi connectivity index (χ1) is 14.0. The first kappa shape index (κ1) is 19.2.